The Bertz CT molecular complexity index is 783. The highest BCUT2D eigenvalue weighted by atomic mass is 16.3. The molecule has 1 atom stereocenters. The largest absolute Gasteiger partial charge is 0.507 e. The van der Waals surface area contributed by atoms with Crippen LogP contribution in [0.5, 0.6) is 5.75 Å². The molecule has 0 radical (unpaired) electrons. The summed E-state index contributed by atoms with van der Waals surface area (Å²) in [6.07, 6.45) is 2.31. The van der Waals surface area contributed by atoms with Crippen molar-refractivity contribution in [2.45, 2.75) is 25.8 Å². The molecule has 2 N–H and O–H groups in total. The summed E-state index contributed by atoms with van der Waals surface area (Å²) in [5.41, 5.74) is 2.58. The monoisotopic (exact) mass is 323 g/mol. The number of nitrogens with one attached hydrogen (secondary N) is 1. The van der Waals surface area contributed by atoms with Gasteiger partial charge in [-0.25, -0.2) is 0 Å². The van der Waals surface area contributed by atoms with Gasteiger partial charge < -0.3 is 15.3 Å². The van der Waals surface area contributed by atoms with Crippen LogP contribution >= 0.6 is 0 Å². The van der Waals surface area contributed by atoms with Crippen molar-refractivity contribution < 1.29 is 5.11 Å². The fraction of sp³-hybridized carbons (Fsp3) is 0.389. The van der Waals surface area contributed by atoms with E-state index in [2.05, 4.69) is 27.5 Å². The van der Waals surface area contributed by atoms with Crippen LogP contribution < -0.4 is 5.32 Å². The van der Waals surface area contributed by atoms with Crippen LogP contribution in [0.4, 0.5) is 5.82 Å². The van der Waals surface area contributed by atoms with E-state index in [0.717, 1.165) is 30.9 Å². The van der Waals surface area contributed by atoms with Crippen molar-refractivity contribution in [2.75, 3.05) is 25.5 Å². The molecular weight excluding hydrogens is 302 g/mol. The maximum atomic E-state index is 10.1. The molecule has 1 aromatic heterocycles. The van der Waals surface area contributed by atoms with Crippen LogP contribution in [0.3, 0.4) is 0 Å². The van der Waals surface area contributed by atoms with Gasteiger partial charge in [-0.05, 0) is 63.2 Å². The number of hydrogen-bond donors (Lipinski definition) is 2. The van der Waals surface area contributed by atoms with Crippen LogP contribution in [-0.2, 0) is 0 Å². The van der Waals surface area contributed by atoms with Gasteiger partial charge in [-0.15, -0.1) is 10.2 Å². The van der Waals surface area contributed by atoms with Gasteiger partial charge in [0.2, 0.25) is 0 Å². The van der Waals surface area contributed by atoms with Gasteiger partial charge in [-0.3, -0.25) is 0 Å². The van der Waals surface area contributed by atoms with E-state index in [1.165, 1.54) is 12.5 Å². The third kappa shape index (κ3) is 3.47. The van der Waals surface area contributed by atoms with E-state index in [4.69, 9.17) is 5.26 Å². The molecule has 0 spiro atoms. The van der Waals surface area contributed by atoms with Gasteiger partial charge in [0.15, 0.2) is 5.82 Å². The fourth-order valence-corrected chi connectivity index (χ4v) is 3.05. The van der Waals surface area contributed by atoms with E-state index < -0.39 is 0 Å². The van der Waals surface area contributed by atoms with Gasteiger partial charge in [0, 0.05) is 18.2 Å². The lowest BCUT2D eigenvalue weighted by molar-refractivity contribution is 0.260. The number of likely N-dealkylation sites (tertiary alicyclic amines) is 1. The highest BCUT2D eigenvalue weighted by molar-refractivity contribution is 5.69. The van der Waals surface area contributed by atoms with E-state index in [-0.39, 0.29) is 5.75 Å². The maximum Gasteiger partial charge on any atom is 0.151 e. The molecular formula is C18H21N5O. The third-order valence-electron chi connectivity index (χ3n) is 4.35. The van der Waals surface area contributed by atoms with Gasteiger partial charge in [0.25, 0.3) is 0 Å². The zero-order chi connectivity index (χ0) is 17.1. The Kier molecular flexibility index (Phi) is 4.63. The number of anilines is 1. The van der Waals surface area contributed by atoms with E-state index in [0.29, 0.717) is 22.9 Å². The van der Waals surface area contributed by atoms with Gasteiger partial charge in [-0.2, -0.15) is 5.26 Å². The standard InChI is InChI=1S/C18H21N5O/c1-12-8-16(15-6-5-13(10-19)9-17(15)24)21-22-18(12)20-14-4-3-7-23(2)11-14/h5-6,8-9,14,24H,3-4,7,11H2,1-2H3,(H,20,22)/t14-/m1/s1. The van der Waals surface area contributed by atoms with E-state index in [9.17, 15) is 5.11 Å². The van der Waals surface area contributed by atoms with Crippen LogP contribution in [0.2, 0.25) is 0 Å². The van der Waals surface area contributed by atoms with Gasteiger partial charge in [-0.1, -0.05) is 0 Å². The lowest BCUT2D eigenvalue weighted by Crippen LogP contribution is -2.40. The second-order valence-electron chi connectivity index (χ2n) is 6.35. The highest BCUT2D eigenvalue weighted by Crippen LogP contribution is 2.29. The molecule has 6 heteroatoms. The summed E-state index contributed by atoms with van der Waals surface area (Å²) in [6, 6.07) is 9.09. The Morgan fingerprint density at radius 2 is 2.17 bits per heavy atom. The molecule has 1 fully saturated rings. The normalized spacial score (nSPS) is 18.1. The number of phenols is 1. The lowest BCUT2D eigenvalue weighted by atomic mass is 10.1. The van der Waals surface area contributed by atoms with E-state index in [1.54, 1.807) is 12.1 Å². The topological polar surface area (TPSA) is 85.1 Å². The molecule has 2 aromatic rings. The molecule has 2 heterocycles. The molecule has 124 valence electrons. The van der Waals surface area contributed by atoms with Crippen LogP contribution in [0.15, 0.2) is 24.3 Å². The van der Waals surface area contributed by atoms with E-state index in [1.807, 2.05) is 19.1 Å². The first-order chi connectivity index (χ1) is 11.6. The Morgan fingerprint density at radius 1 is 1.33 bits per heavy atom. The Hall–Kier alpha value is -2.65. The minimum absolute atomic E-state index is 0.0392. The third-order valence-corrected chi connectivity index (χ3v) is 4.35. The maximum absolute atomic E-state index is 10.1. The summed E-state index contributed by atoms with van der Waals surface area (Å²) in [5, 5.41) is 31.0. The number of piperidine rings is 1. The van der Waals surface area contributed by atoms with Crippen molar-refractivity contribution >= 4 is 5.82 Å². The smallest absolute Gasteiger partial charge is 0.151 e. The molecule has 1 aliphatic rings. The van der Waals surface area contributed by atoms with Gasteiger partial charge >= 0.3 is 0 Å². The molecule has 0 bridgehead atoms. The van der Waals surface area contributed by atoms with Crippen molar-refractivity contribution in [1.29, 1.82) is 5.26 Å². The van der Waals surface area contributed by atoms with Gasteiger partial charge in [0.1, 0.15) is 5.75 Å². The summed E-state index contributed by atoms with van der Waals surface area (Å²) in [4.78, 5) is 2.31. The molecule has 3 rings (SSSR count). The summed E-state index contributed by atoms with van der Waals surface area (Å²) in [6.45, 7) is 4.12. The predicted octanol–water partition coefficient (Wildman–Crippen LogP) is 2.54. The highest BCUT2D eigenvalue weighted by Gasteiger charge is 2.18. The van der Waals surface area contributed by atoms with Crippen LogP contribution in [-0.4, -0.2) is 46.4 Å². The Morgan fingerprint density at radius 3 is 2.83 bits per heavy atom. The number of aryl methyl sites for hydroxylation is 1. The molecule has 1 aromatic carbocycles. The predicted molar refractivity (Wildman–Crippen MR) is 92.7 cm³/mol. The SMILES string of the molecule is Cc1cc(-c2ccc(C#N)cc2O)nnc1N[C@@H]1CCCN(C)C1. The lowest BCUT2D eigenvalue weighted by Gasteiger charge is -2.30. The molecule has 1 aliphatic heterocycles. The summed E-state index contributed by atoms with van der Waals surface area (Å²) in [7, 11) is 2.13. The van der Waals surface area contributed by atoms with Crippen LogP contribution in [0, 0.1) is 18.3 Å². The van der Waals surface area contributed by atoms with Crippen LogP contribution in [0.1, 0.15) is 24.0 Å². The Labute approximate surface area is 141 Å². The second-order valence-corrected chi connectivity index (χ2v) is 6.35. The minimum Gasteiger partial charge on any atom is -0.507 e. The number of aromatic hydroxyl groups is 1. The van der Waals surface area contributed by atoms with Crippen molar-refractivity contribution in [3.63, 3.8) is 0 Å². The van der Waals surface area contributed by atoms with Crippen LogP contribution in [0.25, 0.3) is 11.3 Å². The number of nitriles is 1. The first-order valence-electron chi connectivity index (χ1n) is 8.09. The van der Waals surface area contributed by atoms with Crippen molar-refractivity contribution in [3.05, 3.63) is 35.4 Å². The number of hydrogen-bond acceptors (Lipinski definition) is 6. The first-order valence-corrected chi connectivity index (χ1v) is 8.09. The Balaban J connectivity index is 1.81. The molecule has 1 saturated heterocycles. The van der Waals surface area contributed by atoms with E-state index >= 15 is 0 Å². The zero-order valence-corrected chi connectivity index (χ0v) is 14.0. The minimum atomic E-state index is 0.0392. The van der Waals surface area contributed by atoms with Crippen molar-refractivity contribution in [1.82, 2.24) is 15.1 Å². The first kappa shape index (κ1) is 16.2. The summed E-state index contributed by atoms with van der Waals surface area (Å²) >= 11 is 0. The average Bonchev–Trinajstić information content (AvgIpc) is 2.57. The fourth-order valence-electron chi connectivity index (χ4n) is 3.05. The summed E-state index contributed by atoms with van der Waals surface area (Å²) in [5.74, 6) is 0.824. The summed E-state index contributed by atoms with van der Waals surface area (Å²) < 4.78 is 0. The number of phenolic OH excluding ortho intramolecular Hbond substituents is 1. The molecule has 24 heavy (non-hydrogen) atoms. The van der Waals surface area contributed by atoms with Gasteiger partial charge in [0.05, 0.1) is 17.3 Å². The number of aromatic nitrogens is 2. The zero-order valence-electron chi connectivity index (χ0n) is 14.0. The molecule has 6 nitrogen and oxygen atoms in total. The van der Waals surface area contributed by atoms with Crippen molar-refractivity contribution in [2.24, 2.45) is 0 Å². The number of benzene rings is 1. The molecule has 0 amide bonds. The molecule has 0 aliphatic carbocycles. The quantitative estimate of drug-likeness (QED) is 0.903. The number of likely N-dealkylation sites (N-methyl/N-ethyl adjacent to an activating group) is 1. The molecule has 0 saturated carbocycles. The second kappa shape index (κ2) is 6.85. The number of nitrogens with zero attached hydrogens (tertiary/aromatic N) is 4. The average molecular weight is 323 g/mol. The number of rotatable bonds is 3. The van der Waals surface area contributed by atoms with Crippen molar-refractivity contribution in [3.8, 4) is 23.1 Å². The molecule has 0 unspecified atom stereocenters.